The summed E-state index contributed by atoms with van der Waals surface area (Å²) in [5, 5.41) is 0. The van der Waals surface area contributed by atoms with Gasteiger partial charge in [-0.15, -0.1) is 0 Å². The van der Waals surface area contributed by atoms with Crippen LogP contribution in [-0.4, -0.2) is 30.8 Å². The van der Waals surface area contributed by atoms with Gasteiger partial charge in [0.25, 0.3) is 0 Å². The number of hydrogen-bond donors (Lipinski definition) is 0. The number of ketones is 1. The zero-order valence-corrected chi connectivity index (χ0v) is 8.88. The highest BCUT2D eigenvalue weighted by Crippen LogP contribution is 2.29. The Balaban J connectivity index is 1.94. The molecule has 0 aromatic carbocycles. The van der Waals surface area contributed by atoms with Gasteiger partial charge >= 0.3 is 0 Å². The molecule has 0 spiro atoms. The monoisotopic (exact) mass is 183 g/mol. The van der Waals surface area contributed by atoms with Crippen LogP contribution in [0.15, 0.2) is 0 Å². The smallest absolute Gasteiger partial charge is 0.132 e. The molecule has 0 N–H and O–H groups in total. The van der Waals surface area contributed by atoms with Crippen molar-refractivity contribution in [1.29, 1.82) is 0 Å². The second kappa shape index (κ2) is 5.38. The first kappa shape index (κ1) is 10.7. The Kier molecular flexibility index (Phi) is 4.43. The average molecular weight is 183 g/mol. The summed E-state index contributed by atoms with van der Waals surface area (Å²) >= 11 is 0. The minimum absolute atomic E-state index is 0.403. The highest BCUT2D eigenvalue weighted by atomic mass is 16.1. The average Bonchev–Trinajstić information content (AvgIpc) is 2.88. The van der Waals surface area contributed by atoms with Crippen LogP contribution in [-0.2, 0) is 4.79 Å². The maximum atomic E-state index is 11.0. The van der Waals surface area contributed by atoms with Crippen molar-refractivity contribution in [2.75, 3.05) is 20.1 Å². The van der Waals surface area contributed by atoms with Crippen molar-refractivity contribution < 1.29 is 4.79 Å². The Morgan fingerprint density at radius 1 is 1.46 bits per heavy atom. The lowest BCUT2D eigenvalue weighted by molar-refractivity contribution is -0.118. The van der Waals surface area contributed by atoms with E-state index in [1.165, 1.54) is 19.4 Å². The lowest BCUT2D eigenvalue weighted by Gasteiger charge is -2.15. The molecular formula is C11H21NO. The van der Waals surface area contributed by atoms with Gasteiger partial charge in [0.2, 0.25) is 0 Å². The van der Waals surface area contributed by atoms with Crippen LogP contribution in [0.3, 0.4) is 0 Å². The van der Waals surface area contributed by atoms with Crippen molar-refractivity contribution in [3.8, 4) is 0 Å². The lowest BCUT2D eigenvalue weighted by atomic mass is 10.2. The lowest BCUT2D eigenvalue weighted by Crippen LogP contribution is -2.22. The van der Waals surface area contributed by atoms with Gasteiger partial charge in [-0.25, -0.2) is 0 Å². The molecule has 2 heteroatoms. The third-order valence-electron chi connectivity index (χ3n) is 2.66. The molecule has 0 radical (unpaired) electrons. The molecule has 2 nitrogen and oxygen atoms in total. The standard InChI is InChI=1S/C11H21NO/c1-3-11(13)5-4-8-12(2)9-10-6-7-10/h10H,3-9H2,1-2H3. The molecule has 1 aliphatic rings. The summed E-state index contributed by atoms with van der Waals surface area (Å²) in [6, 6.07) is 0. The fourth-order valence-electron chi connectivity index (χ4n) is 1.56. The number of nitrogens with zero attached hydrogens (tertiary/aromatic N) is 1. The molecular weight excluding hydrogens is 162 g/mol. The van der Waals surface area contributed by atoms with E-state index in [9.17, 15) is 4.79 Å². The number of carbonyl (C=O) groups is 1. The van der Waals surface area contributed by atoms with Gasteiger partial charge < -0.3 is 4.90 Å². The van der Waals surface area contributed by atoms with Crippen LogP contribution in [0.1, 0.15) is 39.0 Å². The van der Waals surface area contributed by atoms with E-state index in [2.05, 4.69) is 11.9 Å². The van der Waals surface area contributed by atoms with Crippen molar-refractivity contribution in [2.24, 2.45) is 5.92 Å². The first-order chi connectivity index (χ1) is 6.22. The van der Waals surface area contributed by atoms with Crippen molar-refractivity contribution in [3.63, 3.8) is 0 Å². The molecule has 0 atom stereocenters. The van der Waals surface area contributed by atoms with E-state index in [0.29, 0.717) is 12.2 Å². The van der Waals surface area contributed by atoms with Crippen LogP contribution in [0.2, 0.25) is 0 Å². The number of Topliss-reactive ketones (excluding diaryl/α,β-unsaturated/α-hetero) is 1. The quantitative estimate of drug-likeness (QED) is 0.602. The first-order valence-corrected chi connectivity index (χ1v) is 5.42. The number of hydrogen-bond acceptors (Lipinski definition) is 2. The SMILES string of the molecule is CCC(=O)CCCN(C)CC1CC1. The normalized spacial score (nSPS) is 16.5. The Labute approximate surface area is 81.3 Å². The Morgan fingerprint density at radius 3 is 2.69 bits per heavy atom. The molecule has 0 unspecified atom stereocenters. The molecule has 0 heterocycles. The highest BCUT2D eigenvalue weighted by molar-refractivity contribution is 5.77. The summed E-state index contributed by atoms with van der Waals surface area (Å²) in [6.45, 7) is 4.26. The molecule has 0 aromatic rings. The van der Waals surface area contributed by atoms with E-state index < -0.39 is 0 Å². The largest absolute Gasteiger partial charge is 0.306 e. The second-order valence-corrected chi connectivity index (χ2v) is 4.20. The maximum Gasteiger partial charge on any atom is 0.132 e. The zero-order valence-electron chi connectivity index (χ0n) is 8.88. The van der Waals surface area contributed by atoms with E-state index in [1.54, 1.807) is 0 Å². The zero-order chi connectivity index (χ0) is 9.68. The summed E-state index contributed by atoms with van der Waals surface area (Å²) in [6.07, 6.45) is 5.34. The summed E-state index contributed by atoms with van der Waals surface area (Å²) in [5.74, 6) is 1.37. The van der Waals surface area contributed by atoms with Gasteiger partial charge in [0.1, 0.15) is 5.78 Å². The molecule has 0 aliphatic heterocycles. The first-order valence-electron chi connectivity index (χ1n) is 5.42. The number of rotatable bonds is 7. The predicted molar refractivity (Wildman–Crippen MR) is 54.8 cm³/mol. The molecule has 76 valence electrons. The van der Waals surface area contributed by atoms with Gasteiger partial charge in [0.15, 0.2) is 0 Å². The molecule has 1 aliphatic carbocycles. The Morgan fingerprint density at radius 2 is 2.15 bits per heavy atom. The van der Waals surface area contributed by atoms with E-state index in [0.717, 1.165) is 25.3 Å². The van der Waals surface area contributed by atoms with Crippen LogP contribution in [0.4, 0.5) is 0 Å². The van der Waals surface area contributed by atoms with Crippen LogP contribution in [0.25, 0.3) is 0 Å². The Hall–Kier alpha value is -0.370. The van der Waals surface area contributed by atoms with Gasteiger partial charge in [-0.2, -0.15) is 0 Å². The van der Waals surface area contributed by atoms with Crippen molar-refractivity contribution >= 4 is 5.78 Å². The van der Waals surface area contributed by atoms with Gasteiger partial charge in [0, 0.05) is 19.4 Å². The third-order valence-corrected chi connectivity index (χ3v) is 2.66. The predicted octanol–water partition coefficient (Wildman–Crippen LogP) is 2.09. The van der Waals surface area contributed by atoms with Gasteiger partial charge in [-0.1, -0.05) is 6.92 Å². The van der Waals surface area contributed by atoms with Crippen LogP contribution >= 0.6 is 0 Å². The van der Waals surface area contributed by atoms with Crippen LogP contribution in [0, 0.1) is 5.92 Å². The molecule has 0 amide bonds. The molecule has 1 fully saturated rings. The van der Waals surface area contributed by atoms with E-state index in [-0.39, 0.29) is 0 Å². The fourth-order valence-corrected chi connectivity index (χ4v) is 1.56. The van der Waals surface area contributed by atoms with Gasteiger partial charge in [0.05, 0.1) is 0 Å². The Bertz CT molecular complexity index is 163. The number of carbonyl (C=O) groups excluding carboxylic acids is 1. The van der Waals surface area contributed by atoms with Crippen LogP contribution < -0.4 is 0 Å². The summed E-state index contributed by atoms with van der Waals surface area (Å²) in [5.41, 5.74) is 0. The molecule has 0 saturated heterocycles. The molecule has 13 heavy (non-hydrogen) atoms. The summed E-state index contributed by atoms with van der Waals surface area (Å²) in [7, 11) is 2.16. The molecule has 1 saturated carbocycles. The third kappa shape index (κ3) is 5.04. The van der Waals surface area contributed by atoms with Crippen molar-refractivity contribution in [3.05, 3.63) is 0 Å². The van der Waals surface area contributed by atoms with Crippen molar-refractivity contribution in [2.45, 2.75) is 39.0 Å². The summed E-state index contributed by atoms with van der Waals surface area (Å²) in [4.78, 5) is 13.4. The van der Waals surface area contributed by atoms with E-state index in [1.807, 2.05) is 6.92 Å². The second-order valence-electron chi connectivity index (χ2n) is 4.20. The maximum absolute atomic E-state index is 11.0. The topological polar surface area (TPSA) is 20.3 Å². The van der Waals surface area contributed by atoms with Crippen molar-refractivity contribution in [1.82, 2.24) is 4.90 Å². The fraction of sp³-hybridized carbons (Fsp3) is 0.909. The molecule has 0 aromatic heterocycles. The minimum Gasteiger partial charge on any atom is -0.306 e. The molecule has 1 rings (SSSR count). The van der Waals surface area contributed by atoms with Gasteiger partial charge in [-0.05, 0) is 38.8 Å². The molecule has 0 bridgehead atoms. The summed E-state index contributed by atoms with van der Waals surface area (Å²) < 4.78 is 0. The van der Waals surface area contributed by atoms with E-state index in [4.69, 9.17) is 0 Å². The van der Waals surface area contributed by atoms with Gasteiger partial charge in [-0.3, -0.25) is 4.79 Å². The van der Waals surface area contributed by atoms with E-state index >= 15 is 0 Å². The minimum atomic E-state index is 0.403. The highest BCUT2D eigenvalue weighted by Gasteiger charge is 2.22. The van der Waals surface area contributed by atoms with Crippen LogP contribution in [0.5, 0.6) is 0 Å².